The number of amidine groups is 1. The lowest BCUT2D eigenvalue weighted by molar-refractivity contribution is 0.168. The topological polar surface area (TPSA) is 89.1 Å². The van der Waals surface area contributed by atoms with Gasteiger partial charge in [-0.25, -0.2) is 4.79 Å². The molecule has 3 N–H and O–H groups in total. The van der Waals surface area contributed by atoms with E-state index in [-0.39, 0.29) is 11.9 Å². The lowest BCUT2D eigenvalue weighted by atomic mass is 10.1. The summed E-state index contributed by atoms with van der Waals surface area (Å²) in [6.07, 6.45) is 2.85. The Morgan fingerprint density at radius 1 is 1.69 bits per heavy atom. The summed E-state index contributed by atoms with van der Waals surface area (Å²) in [7, 11) is 0. The van der Waals surface area contributed by atoms with Gasteiger partial charge in [0.05, 0.1) is 0 Å². The molecule has 0 fully saturated rings. The third kappa shape index (κ3) is 3.05. The third-order valence-corrected chi connectivity index (χ3v) is 2.18. The summed E-state index contributed by atoms with van der Waals surface area (Å²) in [6, 6.07) is 3.38. The van der Waals surface area contributed by atoms with Crippen molar-refractivity contribution in [3.05, 3.63) is 29.6 Å². The molecule has 1 heterocycles. The predicted molar refractivity (Wildman–Crippen MR) is 59.7 cm³/mol. The number of nitrogens with one attached hydrogen (secondary N) is 1. The Morgan fingerprint density at radius 3 is 2.88 bits per heavy atom. The second-order valence-corrected chi connectivity index (χ2v) is 3.37. The van der Waals surface area contributed by atoms with Crippen LogP contribution < -0.4 is 5.73 Å². The van der Waals surface area contributed by atoms with E-state index in [4.69, 9.17) is 15.9 Å². The largest absolute Gasteiger partial charge is 0.449 e. The van der Waals surface area contributed by atoms with Gasteiger partial charge in [-0.3, -0.25) is 10.4 Å². The molecule has 0 aliphatic heterocycles. The van der Waals surface area contributed by atoms with Crippen LogP contribution in [-0.4, -0.2) is 17.3 Å². The minimum atomic E-state index is -0.323. The highest BCUT2D eigenvalue weighted by molar-refractivity contribution is 5.92. The summed E-state index contributed by atoms with van der Waals surface area (Å²) in [5.74, 6) is -0.0820. The van der Waals surface area contributed by atoms with Crippen molar-refractivity contribution >= 4 is 12.3 Å². The van der Waals surface area contributed by atoms with Crippen molar-refractivity contribution in [2.45, 2.75) is 25.9 Å². The van der Waals surface area contributed by atoms with Crippen molar-refractivity contribution in [2.75, 3.05) is 0 Å². The molecule has 1 unspecified atom stereocenters. The van der Waals surface area contributed by atoms with Gasteiger partial charge in [-0.15, -0.1) is 0 Å². The molecule has 1 aromatic rings. The van der Waals surface area contributed by atoms with Crippen molar-refractivity contribution in [3.63, 3.8) is 0 Å². The number of nitrogens with two attached hydrogens (primary N) is 1. The maximum atomic E-state index is 10.2. The molecule has 5 nitrogen and oxygen atoms in total. The van der Waals surface area contributed by atoms with E-state index in [9.17, 15) is 4.79 Å². The number of carbonyl (C=O) groups excluding carboxylic acids is 1. The molecule has 1 radical (unpaired) electrons. The first-order valence-electron chi connectivity index (χ1n) is 5.02. The van der Waals surface area contributed by atoms with Crippen LogP contribution in [-0.2, 0) is 9.53 Å². The minimum absolute atomic E-state index is 0.0820. The van der Waals surface area contributed by atoms with Crippen LogP contribution in [0, 0.1) is 5.41 Å². The molecule has 85 valence electrons. The highest BCUT2D eigenvalue weighted by atomic mass is 16.5. The van der Waals surface area contributed by atoms with E-state index in [1.165, 1.54) is 6.47 Å². The molecule has 1 atom stereocenters. The normalized spacial score (nSPS) is 11.8. The maximum Gasteiger partial charge on any atom is 0.418 e. The maximum absolute atomic E-state index is 10.2. The summed E-state index contributed by atoms with van der Waals surface area (Å²) >= 11 is 0. The fourth-order valence-corrected chi connectivity index (χ4v) is 1.37. The van der Waals surface area contributed by atoms with E-state index in [1.54, 1.807) is 18.3 Å². The molecule has 5 heteroatoms. The Bertz CT molecular complexity index is 362. The number of nitrogens with zero attached hydrogens (tertiary/aromatic N) is 1. The van der Waals surface area contributed by atoms with Crippen LogP contribution in [0.4, 0.5) is 0 Å². The Hall–Kier alpha value is -1.91. The van der Waals surface area contributed by atoms with E-state index in [1.807, 2.05) is 6.92 Å². The van der Waals surface area contributed by atoms with Gasteiger partial charge in [-0.2, -0.15) is 0 Å². The quantitative estimate of drug-likeness (QED) is 0.558. The Kier molecular flexibility index (Phi) is 4.44. The first-order chi connectivity index (χ1) is 7.69. The molecule has 0 saturated heterocycles. The standard InChI is InChI=1S/C11H14N3O2/c1-2-3-10(16-7-15)8-4-5-9(11(12)13)14-6-8/h4-6,10H,2-3H2,1H3,(H3,12,13). The monoisotopic (exact) mass is 220 g/mol. The summed E-state index contributed by atoms with van der Waals surface area (Å²) in [5.41, 5.74) is 6.48. The molecule has 0 aliphatic carbocycles. The van der Waals surface area contributed by atoms with Crippen LogP contribution >= 0.6 is 0 Å². The summed E-state index contributed by atoms with van der Waals surface area (Å²) in [6.45, 7) is 3.44. The van der Waals surface area contributed by atoms with E-state index in [0.717, 1.165) is 18.4 Å². The van der Waals surface area contributed by atoms with E-state index < -0.39 is 0 Å². The molecule has 0 aliphatic rings. The van der Waals surface area contributed by atoms with Crippen LogP contribution in [0.25, 0.3) is 0 Å². The average molecular weight is 220 g/mol. The van der Waals surface area contributed by atoms with Crippen LogP contribution in [0.15, 0.2) is 18.3 Å². The Labute approximate surface area is 94.1 Å². The van der Waals surface area contributed by atoms with Crippen LogP contribution in [0.1, 0.15) is 37.1 Å². The van der Waals surface area contributed by atoms with E-state index in [0.29, 0.717) is 5.69 Å². The van der Waals surface area contributed by atoms with Gasteiger partial charge in [-0.1, -0.05) is 19.4 Å². The molecular formula is C11H14N3O2. The number of rotatable bonds is 6. The van der Waals surface area contributed by atoms with Gasteiger partial charge in [-0.05, 0) is 12.5 Å². The highest BCUT2D eigenvalue weighted by Crippen LogP contribution is 2.21. The predicted octanol–water partition coefficient (Wildman–Crippen LogP) is 1.29. The first-order valence-corrected chi connectivity index (χ1v) is 5.02. The SMILES string of the molecule is CCCC(O[C]=O)c1ccc(C(=N)N)nc1. The van der Waals surface area contributed by atoms with Crippen molar-refractivity contribution < 1.29 is 9.53 Å². The Balaban J connectivity index is 2.84. The molecule has 0 aromatic carbocycles. The van der Waals surface area contributed by atoms with Gasteiger partial charge in [0.2, 0.25) is 0 Å². The van der Waals surface area contributed by atoms with Crippen LogP contribution in [0.2, 0.25) is 0 Å². The number of ether oxygens (including phenoxy) is 1. The molecular weight excluding hydrogens is 206 g/mol. The number of hydrogen-bond acceptors (Lipinski definition) is 4. The zero-order valence-corrected chi connectivity index (χ0v) is 9.06. The molecule has 0 saturated carbocycles. The fourth-order valence-electron chi connectivity index (χ4n) is 1.37. The second-order valence-electron chi connectivity index (χ2n) is 3.37. The zero-order chi connectivity index (χ0) is 12.0. The van der Waals surface area contributed by atoms with Crippen molar-refractivity contribution in [1.29, 1.82) is 5.41 Å². The third-order valence-electron chi connectivity index (χ3n) is 2.18. The highest BCUT2D eigenvalue weighted by Gasteiger charge is 2.12. The molecule has 1 aromatic heterocycles. The van der Waals surface area contributed by atoms with Gasteiger partial charge in [0.25, 0.3) is 0 Å². The van der Waals surface area contributed by atoms with Gasteiger partial charge in [0.1, 0.15) is 17.6 Å². The van der Waals surface area contributed by atoms with Crippen molar-refractivity contribution in [2.24, 2.45) is 5.73 Å². The molecule has 0 bridgehead atoms. The lowest BCUT2D eigenvalue weighted by Gasteiger charge is -2.13. The van der Waals surface area contributed by atoms with E-state index in [2.05, 4.69) is 4.98 Å². The number of hydrogen-bond donors (Lipinski definition) is 2. The van der Waals surface area contributed by atoms with Crippen LogP contribution in [0.3, 0.4) is 0 Å². The zero-order valence-electron chi connectivity index (χ0n) is 9.06. The number of nitrogen functional groups attached to an aromatic ring is 1. The fraction of sp³-hybridized carbons (Fsp3) is 0.364. The molecule has 16 heavy (non-hydrogen) atoms. The van der Waals surface area contributed by atoms with Gasteiger partial charge in [0.15, 0.2) is 0 Å². The van der Waals surface area contributed by atoms with Gasteiger partial charge in [0, 0.05) is 11.8 Å². The van der Waals surface area contributed by atoms with Gasteiger partial charge < -0.3 is 10.5 Å². The van der Waals surface area contributed by atoms with Crippen molar-refractivity contribution in [1.82, 2.24) is 4.98 Å². The molecule has 0 spiro atoms. The van der Waals surface area contributed by atoms with Crippen LogP contribution in [0.5, 0.6) is 0 Å². The minimum Gasteiger partial charge on any atom is -0.449 e. The number of pyridine rings is 1. The van der Waals surface area contributed by atoms with Crippen molar-refractivity contribution in [3.8, 4) is 0 Å². The summed E-state index contributed by atoms with van der Waals surface area (Å²) < 4.78 is 4.84. The molecule has 1 rings (SSSR count). The Morgan fingerprint density at radius 2 is 2.44 bits per heavy atom. The van der Waals surface area contributed by atoms with Gasteiger partial charge >= 0.3 is 6.47 Å². The lowest BCUT2D eigenvalue weighted by Crippen LogP contribution is -2.13. The molecule has 0 amide bonds. The smallest absolute Gasteiger partial charge is 0.418 e. The summed E-state index contributed by atoms with van der Waals surface area (Å²) in [4.78, 5) is 14.2. The van der Waals surface area contributed by atoms with E-state index >= 15 is 0 Å². The summed E-state index contributed by atoms with van der Waals surface area (Å²) in [5, 5.41) is 7.20. The second kappa shape index (κ2) is 5.85. The number of aromatic nitrogens is 1. The first kappa shape index (κ1) is 12.2. The average Bonchev–Trinajstić information content (AvgIpc) is 2.29.